The summed E-state index contributed by atoms with van der Waals surface area (Å²) in [6, 6.07) is 11.9. The lowest BCUT2D eigenvalue weighted by atomic mass is 9.91. The predicted octanol–water partition coefficient (Wildman–Crippen LogP) is 3.38. The van der Waals surface area contributed by atoms with Crippen molar-refractivity contribution in [2.75, 3.05) is 39.5 Å². The molecule has 2 aliphatic heterocycles. The van der Waals surface area contributed by atoms with E-state index < -0.39 is 11.4 Å². The highest BCUT2D eigenvalue weighted by Gasteiger charge is 2.44. The Morgan fingerprint density at radius 2 is 2.06 bits per heavy atom. The molecule has 2 heterocycles. The van der Waals surface area contributed by atoms with Crippen molar-refractivity contribution in [3.63, 3.8) is 0 Å². The Bertz CT molecular complexity index is 1040. The van der Waals surface area contributed by atoms with E-state index in [1.165, 1.54) is 18.2 Å². The standard InChI is InChI=1S/C25H28ClFN2O5/c26-20-15-19(8-9-21(20)27)33-16-23(30)29-12-14-34-25(17-29)10-4-3-6-18-5-1-2-7-22(18)32-13-11-28-24(25)31/h1-2,5,7-9,15H,3-4,6,10-14,16-17H2,(H,28,31). The number of amides is 2. The Labute approximate surface area is 203 Å². The van der Waals surface area contributed by atoms with Gasteiger partial charge in [0.15, 0.2) is 12.2 Å². The largest absolute Gasteiger partial charge is 0.491 e. The fourth-order valence-corrected chi connectivity index (χ4v) is 4.44. The zero-order valence-electron chi connectivity index (χ0n) is 18.9. The van der Waals surface area contributed by atoms with E-state index in [0.29, 0.717) is 31.9 Å². The molecule has 1 atom stereocenters. The number of carbonyl (C=O) groups is 2. The van der Waals surface area contributed by atoms with Gasteiger partial charge in [0, 0.05) is 12.6 Å². The number of morpholine rings is 1. The van der Waals surface area contributed by atoms with Gasteiger partial charge in [0.25, 0.3) is 11.8 Å². The fraction of sp³-hybridized carbons (Fsp3) is 0.440. The van der Waals surface area contributed by atoms with Crippen LogP contribution in [0, 0.1) is 5.82 Å². The maximum absolute atomic E-state index is 13.3. The molecule has 1 spiro atoms. The van der Waals surface area contributed by atoms with Crippen LogP contribution >= 0.6 is 11.6 Å². The van der Waals surface area contributed by atoms with Crippen molar-refractivity contribution in [2.45, 2.75) is 31.3 Å². The van der Waals surface area contributed by atoms with Gasteiger partial charge in [-0.3, -0.25) is 9.59 Å². The van der Waals surface area contributed by atoms with Crippen LogP contribution in [0.25, 0.3) is 0 Å². The third-order valence-electron chi connectivity index (χ3n) is 6.10. The lowest BCUT2D eigenvalue weighted by Gasteiger charge is -2.41. The number of hydrogen-bond donors (Lipinski definition) is 1. The number of nitrogens with zero attached hydrogens (tertiary/aromatic N) is 1. The van der Waals surface area contributed by atoms with Gasteiger partial charge in [-0.25, -0.2) is 4.39 Å². The van der Waals surface area contributed by atoms with Gasteiger partial charge in [-0.1, -0.05) is 29.8 Å². The van der Waals surface area contributed by atoms with E-state index in [-0.39, 0.29) is 36.6 Å². The summed E-state index contributed by atoms with van der Waals surface area (Å²) in [5.74, 6) is 0.0674. The SMILES string of the molecule is O=C(COc1ccc(F)c(Cl)c1)N1CCOC2(CCCCc3ccccc3OCCNC2=O)C1. The van der Waals surface area contributed by atoms with Crippen molar-refractivity contribution in [1.82, 2.24) is 10.2 Å². The van der Waals surface area contributed by atoms with Gasteiger partial charge < -0.3 is 24.4 Å². The lowest BCUT2D eigenvalue weighted by molar-refractivity contribution is -0.168. The van der Waals surface area contributed by atoms with Crippen LogP contribution < -0.4 is 14.8 Å². The topological polar surface area (TPSA) is 77.1 Å². The molecule has 0 aromatic heterocycles. The molecule has 1 fully saturated rings. The quantitative estimate of drug-likeness (QED) is 0.713. The Hall–Kier alpha value is -2.84. The van der Waals surface area contributed by atoms with E-state index in [1.54, 1.807) is 4.90 Å². The van der Waals surface area contributed by atoms with E-state index in [2.05, 4.69) is 11.4 Å². The van der Waals surface area contributed by atoms with Crippen LogP contribution in [0.2, 0.25) is 5.02 Å². The molecule has 0 saturated carbocycles. The van der Waals surface area contributed by atoms with Crippen LogP contribution in [0.3, 0.4) is 0 Å². The van der Waals surface area contributed by atoms with Crippen molar-refractivity contribution < 1.29 is 28.2 Å². The predicted molar refractivity (Wildman–Crippen MR) is 125 cm³/mol. The van der Waals surface area contributed by atoms with Crippen LogP contribution in [0.1, 0.15) is 24.8 Å². The first-order valence-corrected chi connectivity index (χ1v) is 11.8. The first kappa shape index (κ1) is 24.3. The molecule has 4 rings (SSSR count). The van der Waals surface area contributed by atoms with Crippen molar-refractivity contribution in [3.8, 4) is 11.5 Å². The molecule has 34 heavy (non-hydrogen) atoms. The Balaban J connectivity index is 1.40. The summed E-state index contributed by atoms with van der Waals surface area (Å²) < 4.78 is 30.7. The van der Waals surface area contributed by atoms with Gasteiger partial charge >= 0.3 is 0 Å². The van der Waals surface area contributed by atoms with Crippen molar-refractivity contribution in [2.24, 2.45) is 0 Å². The summed E-state index contributed by atoms with van der Waals surface area (Å²) in [6.45, 7) is 1.18. The molecule has 0 aliphatic carbocycles. The van der Waals surface area contributed by atoms with Gasteiger partial charge in [0.1, 0.15) is 23.9 Å². The summed E-state index contributed by atoms with van der Waals surface area (Å²) >= 11 is 5.77. The highest BCUT2D eigenvalue weighted by Crippen LogP contribution is 2.28. The Morgan fingerprint density at radius 3 is 2.91 bits per heavy atom. The molecule has 2 amide bonds. The third-order valence-corrected chi connectivity index (χ3v) is 6.39. The number of ether oxygens (including phenoxy) is 3. The monoisotopic (exact) mass is 490 g/mol. The molecule has 0 radical (unpaired) electrons. The number of fused-ring (bicyclic) bond motifs is 1. The molecule has 0 bridgehead atoms. The van der Waals surface area contributed by atoms with Gasteiger partial charge in [0.2, 0.25) is 0 Å². The second kappa shape index (κ2) is 11.1. The first-order valence-electron chi connectivity index (χ1n) is 11.5. The van der Waals surface area contributed by atoms with Crippen LogP contribution in [0.4, 0.5) is 4.39 Å². The molecule has 2 aromatic carbocycles. The molecule has 7 nitrogen and oxygen atoms in total. The van der Waals surface area contributed by atoms with Crippen molar-refractivity contribution in [3.05, 3.63) is 58.9 Å². The second-order valence-electron chi connectivity index (χ2n) is 8.44. The summed E-state index contributed by atoms with van der Waals surface area (Å²) in [5.41, 5.74) is 0.0223. The Morgan fingerprint density at radius 1 is 1.21 bits per heavy atom. The number of para-hydroxylation sites is 1. The van der Waals surface area contributed by atoms with Crippen LogP contribution in [0.15, 0.2) is 42.5 Å². The maximum Gasteiger partial charge on any atom is 0.260 e. The minimum atomic E-state index is -1.12. The normalized spacial score (nSPS) is 21.5. The van der Waals surface area contributed by atoms with Gasteiger partial charge in [-0.05, 0) is 49.4 Å². The number of nitrogens with one attached hydrogen (secondary N) is 1. The lowest BCUT2D eigenvalue weighted by Crippen LogP contribution is -2.61. The van der Waals surface area contributed by atoms with Crippen LogP contribution in [-0.2, 0) is 20.7 Å². The highest BCUT2D eigenvalue weighted by molar-refractivity contribution is 6.30. The molecule has 2 aliphatic rings. The molecule has 1 saturated heterocycles. The number of rotatable bonds is 3. The first-order chi connectivity index (χ1) is 16.5. The highest BCUT2D eigenvalue weighted by atomic mass is 35.5. The summed E-state index contributed by atoms with van der Waals surface area (Å²) in [7, 11) is 0. The molecule has 182 valence electrons. The van der Waals surface area contributed by atoms with E-state index in [1.807, 2.05) is 18.2 Å². The minimum absolute atomic E-state index is 0.0771. The van der Waals surface area contributed by atoms with Gasteiger partial charge in [-0.15, -0.1) is 0 Å². The summed E-state index contributed by atoms with van der Waals surface area (Å²) in [5, 5.41) is 2.84. The second-order valence-corrected chi connectivity index (χ2v) is 8.85. The molecule has 1 N–H and O–H groups in total. The molecular weight excluding hydrogens is 463 g/mol. The van der Waals surface area contributed by atoms with Crippen LogP contribution in [-0.4, -0.2) is 61.8 Å². The van der Waals surface area contributed by atoms with E-state index in [9.17, 15) is 14.0 Å². The average Bonchev–Trinajstić information content (AvgIpc) is 2.85. The van der Waals surface area contributed by atoms with Crippen molar-refractivity contribution in [1.29, 1.82) is 0 Å². The van der Waals surface area contributed by atoms with E-state index >= 15 is 0 Å². The third kappa shape index (κ3) is 5.80. The maximum atomic E-state index is 13.3. The smallest absolute Gasteiger partial charge is 0.260 e. The molecular formula is C25H28ClFN2O5. The summed E-state index contributed by atoms with van der Waals surface area (Å²) in [4.78, 5) is 27.6. The van der Waals surface area contributed by atoms with E-state index in [0.717, 1.165) is 30.6 Å². The average molecular weight is 491 g/mol. The number of halogens is 2. The molecule has 9 heteroatoms. The Kier molecular flexibility index (Phi) is 7.90. The minimum Gasteiger partial charge on any atom is -0.491 e. The van der Waals surface area contributed by atoms with E-state index in [4.69, 9.17) is 25.8 Å². The zero-order valence-corrected chi connectivity index (χ0v) is 19.6. The summed E-state index contributed by atoms with van der Waals surface area (Å²) in [6.07, 6.45) is 2.96. The molecule has 1 unspecified atom stereocenters. The number of benzene rings is 2. The van der Waals surface area contributed by atoms with Gasteiger partial charge in [0.05, 0.1) is 24.7 Å². The molecule has 2 aromatic rings. The van der Waals surface area contributed by atoms with Crippen LogP contribution in [0.5, 0.6) is 11.5 Å². The number of carbonyl (C=O) groups excluding carboxylic acids is 2. The van der Waals surface area contributed by atoms with Crippen molar-refractivity contribution >= 4 is 23.4 Å². The number of hydrogen-bond acceptors (Lipinski definition) is 5. The van der Waals surface area contributed by atoms with Gasteiger partial charge in [-0.2, -0.15) is 0 Å². The fourth-order valence-electron chi connectivity index (χ4n) is 4.27. The number of aryl methyl sites for hydroxylation is 1. The zero-order chi connectivity index (χ0) is 24.0.